The monoisotopic (exact) mass is 389 g/mol. The third-order valence-corrected chi connectivity index (χ3v) is 6.51. The Hall–Kier alpha value is -2.38. The smallest absolute Gasteiger partial charge is 0.243 e. The summed E-state index contributed by atoms with van der Waals surface area (Å²) in [5, 5.41) is 0. The SMILES string of the molecule is COc1ccc(OC)c(CN(C2CC2)S(=O)(=O)c2cccc(C(C)=O)c2)c1. The summed E-state index contributed by atoms with van der Waals surface area (Å²) >= 11 is 0. The molecule has 1 fully saturated rings. The average molecular weight is 389 g/mol. The van der Waals surface area contributed by atoms with Crippen molar-refractivity contribution in [2.45, 2.75) is 37.2 Å². The van der Waals surface area contributed by atoms with Crippen LogP contribution >= 0.6 is 0 Å². The number of Topliss-reactive ketones (excluding diaryl/α,β-unsaturated/α-hetero) is 1. The van der Waals surface area contributed by atoms with Crippen LogP contribution in [0.25, 0.3) is 0 Å². The highest BCUT2D eigenvalue weighted by molar-refractivity contribution is 7.89. The molecule has 0 aliphatic heterocycles. The summed E-state index contributed by atoms with van der Waals surface area (Å²) in [6, 6.07) is 11.5. The fourth-order valence-corrected chi connectivity index (χ4v) is 4.67. The molecule has 6 nitrogen and oxygen atoms in total. The van der Waals surface area contributed by atoms with Gasteiger partial charge in [-0.1, -0.05) is 12.1 Å². The Bertz CT molecular complexity index is 951. The summed E-state index contributed by atoms with van der Waals surface area (Å²) in [5.74, 6) is 1.08. The maximum atomic E-state index is 13.3. The lowest BCUT2D eigenvalue weighted by atomic mass is 10.2. The van der Waals surface area contributed by atoms with Crippen molar-refractivity contribution in [3.05, 3.63) is 53.6 Å². The minimum Gasteiger partial charge on any atom is -0.497 e. The average Bonchev–Trinajstić information content (AvgIpc) is 3.50. The second-order valence-corrected chi connectivity index (χ2v) is 8.43. The number of carbonyl (C=O) groups is 1. The van der Waals surface area contributed by atoms with Gasteiger partial charge in [-0.05, 0) is 50.1 Å². The molecule has 1 aliphatic carbocycles. The first-order chi connectivity index (χ1) is 12.9. The number of nitrogens with zero attached hydrogens (tertiary/aromatic N) is 1. The zero-order valence-corrected chi connectivity index (χ0v) is 16.5. The van der Waals surface area contributed by atoms with Crippen molar-refractivity contribution in [2.24, 2.45) is 0 Å². The highest BCUT2D eigenvalue weighted by atomic mass is 32.2. The van der Waals surface area contributed by atoms with Gasteiger partial charge in [0.25, 0.3) is 0 Å². The van der Waals surface area contributed by atoms with Crippen molar-refractivity contribution < 1.29 is 22.7 Å². The Morgan fingerprint density at radius 1 is 1.11 bits per heavy atom. The topological polar surface area (TPSA) is 72.9 Å². The fraction of sp³-hybridized carbons (Fsp3) is 0.350. The number of ketones is 1. The van der Waals surface area contributed by atoms with Crippen molar-refractivity contribution in [1.82, 2.24) is 4.31 Å². The molecule has 1 saturated carbocycles. The molecular formula is C20H23NO5S. The van der Waals surface area contributed by atoms with Crippen LogP contribution in [0, 0.1) is 0 Å². The van der Waals surface area contributed by atoms with E-state index in [4.69, 9.17) is 9.47 Å². The standard InChI is InChI=1S/C20H23NO5S/c1-14(22)15-5-4-6-19(12-15)27(23,24)21(17-7-8-17)13-16-11-18(25-2)9-10-20(16)26-3/h4-6,9-12,17H,7-8,13H2,1-3H3. The molecule has 0 spiro atoms. The molecular weight excluding hydrogens is 366 g/mol. The lowest BCUT2D eigenvalue weighted by Gasteiger charge is -2.23. The molecule has 144 valence electrons. The molecule has 0 amide bonds. The molecule has 0 saturated heterocycles. The molecule has 0 radical (unpaired) electrons. The van der Waals surface area contributed by atoms with Crippen LogP contribution in [0.3, 0.4) is 0 Å². The molecule has 3 rings (SSSR count). The summed E-state index contributed by atoms with van der Waals surface area (Å²) in [5.41, 5.74) is 1.11. The maximum absolute atomic E-state index is 13.3. The van der Waals surface area contributed by atoms with Gasteiger partial charge in [0.2, 0.25) is 10.0 Å². The number of carbonyl (C=O) groups excluding carboxylic acids is 1. The third kappa shape index (κ3) is 4.14. The highest BCUT2D eigenvalue weighted by Crippen LogP contribution is 2.36. The van der Waals surface area contributed by atoms with Gasteiger partial charge in [0.1, 0.15) is 11.5 Å². The summed E-state index contributed by atoms with van der Waals surface area (Å²) in [4.78, 5) is 11.8. The Morgan fingerprint density at radius 2 is 1.85 bits per heavy atom. The highest BCUT2D eigenvalue weighted by Gasteiger charge is 2.38. The van der Waals surface area contributed by atoms with E-state index in [1.54, 1.807) is 44.6 Å². The van der Waals surface area contributed by atoms with E-state index in [1.165, 1.54) is 23.4 Å². The molecule has 27 heavy (non-hydrogen) atoms. The van der Waals surface area contributed by atoms with E-state index in [9.17, 15) is 13.2 Å². The van der Waals surface area contributed by atoms with Gasteiger partial charge in [-0.15, -0.1) is 0 Å². The van der Waals surface area contributed by atoms with Crippen molar-refractivity contribution >= 4 is 15.8 Å². The van der Waals surface area contributed by atoms with Gasteiger partial charge in [-0.25, -0.2) is 8.42 Å². The minimum atomic E-state index is -3.75. The van der Waals surface area contributed by atoms with E-state index in [0.29, 0.717) is 17.1 Å². The number of hydrogen-bond donors (Lipinski definition) is 0. The first-order valence-electron chi connectivity index (χ1n) is 8.70. The van der Waals surface area contributed by atoms with Gasteiger partial charge in [-0.2, -0.15) is 4.31 Å². The first-order valence-corrected chi connectivity index (χ1v) is 10.1. The predicted molar refractivity (Wildman–Crippen MR) is 102 cm³/mol. The van der Waals surface area contributed by atoms with Crippen LogP contribution in [0.15, 0.2) is 47.4 Å². The first kappa shape index (κ1) is 19.4. The van der Waals surface area contributed by atoms with Crippen molar-refractivity contribution in [3.63, 3.8) is 0 Å². The molecule has 0 aromatic heterocycles. The molecule has 2 aromatic rings. The second-order valence-electron chi connectivity index (χ2n) is 6.54. The van der Waals surface area contributed by atoms with E-state index in [-0.39, 0.29) is 23.3 Å². The summed E-state index contributed by atoms with van der Waals surface area (Å²) in [6.07, 6.45) is 1.63. The van der Waals surface area contributed by atoms with Crippen LogP contribution in [0.4, 0.5) is 0 Å². The summed E-state index contributed by atoms with van der Waals surface area (Å²) < 4.78 is 38.7. The summed E-state index contributed by atoms with van der Waals surface area (Å²) in [7, 11) is -0.635. The number of benzene rings is 2. The predicted octanol–water partition coefficient (Wildman–Crippen LogP) is 3.26. The quantitative estimate of drug-likeness (QED) is 0.648. The van der Waals surface area contributed by atoms with Crippen LogP contribution in [0.1, 0.15) is 35.7 Å². The minimum absolute atomic E-state index is 0.0492. The summed E-state index contributed by atoms with van der Waals surface area (Å²) in [6.45, 7) is 1.60. The van der Waals surface area contributed by atoms with Gasteiger partial charge >= 0.3 is 0 Å². The molecule has 0 N–H and O–H groups in total. The van der Waals surface area contributed by atoms with Gasteiger partial charge in [-0.3, -0.25) is 4.79 Å². The van der Waals surface area contributed by atoms with Gasteiger partial charge < -0.3 is 9.47 Å². The number of ether oxygens (including phenoxy) is 2. The van der Waals surface area contributed by atoms with Crippen molar-refractivity contribution in [2.75, 3.05) is 14.2 Å². The van der Waals surface area contributed by atoms with Crippen LogP contribution in [-0.2, 0) is 16.6 Å². The Kier molecular flexibility index (Phi) is 5.53. The molecule has 0 unspecified atom stereocenters. The fourth-order valence-electron chi connectivity index (χ4n) is 2.96. The van der Waals surface area contributed by atoms with E-state index < -0.39 is 10.0 Å². The zero-order chi connectivity index (χ0) is 19.6. The molecule has 0 heterocycles. The Labute approximate surface area is 159 Å². The Balaban J connectivity index is 1.99. The zero-order valence-electron chi connectivity index (χ0n) is 15.6. The van der Waals surface area contributed by atoms with Crippen LogP contribution < -0.4 is 9.47 Å². The number of hydrogen-bond acceptors (Lipinski definition) is 5. The van der Waals surface area contributed by atoms with Gasteiger partial charge in [0.15, 0.2) is 5.78 Å². The van der Waals surface area contributed by atoms with E-state index >= 15 is 0 Å². The number of methoxy groups -OCH3 is 2. The molecule has 7 heteroatoms. The van der Waals surface area contributed by atoms with Crippen LogP contribution in [0.5, 0.6) is 11.5 Å². The van der Waals surface area contributed by atoms with Gasteiger partial charge in [0.05, 0.1) is 19.1 Å². The lowest BCUT2D eigenvalue weighted by molar-refractivity contribution is 0.101. The van der Waals surface area contributed by atoms with Crippen molar-refractivity contribution in [1.29, 1.82) is 0 Å². The van der Waals surface area contributed by atoms with Crippen LogP contribution in [-0.4, -0.2) is 38.8 Å². The van der Waals surface area contributed by atoms with E-state index in [1.807, 2.05) is 0 Å². The lowest BCUT2D eigenvalue weighted by Crippen LogP contribution is -2.33. The largest absolute Gasteiger partial charge is 0.497 e. The van der Waals surface area contributed by atoms with Gasteiger partial charge in [0, 0.05) is 23.7 Å². The normalized spacial score (nSPS) is 14.2. The molecule has 2 aromatic carbocycles. The number of sulfonamides is 1. The molecule has 1 aliphatic rings. The van der Waals surface area contributed by atoms with Crippen molar-refractivity contribution in [3.8, 4) is 11.5 Å². The van der Waals surface area contributed by atoms with Crippen LogP contribution in [0.2, 0.25) is 0 Å². The molecule has 0 atom stereocenters. The second kappa shape index (κ2) is 7.70. The van der Waals surface area contributed by atoms with E-state index in [0.717, 1.165) is 18.4 Å². The maximum Gasteiger partial charge on any atom is 0.243 e. The van der Waals surface area contributed by atoms with E-state index in [2.05, 4.69) is 0 Å². The molecule has 0 bridgehead atoms. The number of rotatable bonds is 8. The third-order valence-electron chi connectivity index (χ3n) is 4.62. The Morgan fingerprint density at radius 3 is 2.44 bits per heavy atom.